The number of hydrogen-bond acceptors (Lipinski definition) is 5. The van der Waals surface area contributed by atoms with Gasteiger partial charge in [-0.3, -0.25) is 23.5 Å². The molecule has 1 aliphatic rings. The van der Waals surface area contributed by atoms with E-state index in [1.54, 1.807) is 36.1 Å². The van der Waals surface area contributed by atoms with E-state index in [0.717, 1.165) is 0 Å². The second kappa shape index (κ2) is 9.07. The zero-order valence-electron chi connectivity index (χ0n) is 16.9. The van der Waals surface area contributed by atoms with Crippen molar-refractivity contribution >= 4 is 22.8 Å². The monoisotopic (exact) mass is 401 g/mol. The van der Waals surface area contributed by atoms with Crippen LogP contribution in [0.5, 0.6) is 0 Å². The number of esters is 1. The fourth-order valence-corrected chi connectivity index (χ4v) is 3.84. The van der Waals surface area contributed by atoms with Crippen molar-refractivity contribution in [3.63, 3.8) is 0 Å². The number of amides is 1. The minimum Gasteiger partial charge on any atom is -0.466 e. The molecule has 1 aliphatic heterocycles. The van der Waals surface area contributed by atoms with E-state index >= 15 is 0 Å². The van der Waals surface area contributed by atoms with Gasteiger partial charge in [-0.15, -0.1) is 0 Å². The summed E-state index contributed by atoms with van der Waals surface area (Å²) in [6.07, 6.45) is 2.03. The summed E-state index contributed by atoms with van der Waals surface area (Å²) >= 11 is 0. The highest BCUT2D eigenvalue weighted by molar-refractivity contribution is 5.82. The maximum Gasteiger partial charge on any atom is 0.331 e. The third-order valence-corrected chi connectivity index (χ3v) is 5.27. The lowest BCUT2D eigenvalue weighted by Gasteiger charge is -2.31. The Balaban J connectivity index is 1.91. The number of likely N-dealkylation sites (tertiary alicyclic amines) is 1. The summed E-state index contributed by atoms with van der Waals surface area (Å²) in [5.74, 6) is -0.868. The van der Waals surface area contributed by atoms with Crippen LogP contribution in [0.25, 0.3) is 10.9 Å². The van der Waals surface area contributed by atoms with Crippen LogP contribution < -0.4 is 11.2 Å². The zero-order valence-corrected chi connectivity index (χ0v) is 16.9. The van der Waals surface area contributed by atoms with Gasteiger partial charge in [0.25, 0.3) is 5.56 Å². The summed E-state index contributed by atoms with van der Waals surface area (Å²) in [7, 11) is 0. The molecule has 1 saturated heterocycles. The molecule has 1 aromatic carbocycles. The van der Waals surface area contributed by atoms with E-state index in [1.165, 1.54) is 9.13 Å². The van der Waals surface area contributed by atoms with Crippen molar-refractivity contribution < 1.29 is 14.3 Å². The largest absolute Gasteiger partial charge is 0.466 e. The first-order valence-electron chi connectivity index (χ1n) is 10.1. The molecule has 1 fully saturated rings. The predicted molar refractivity (Wildman–Crippen MR) is 109 cm³/mol. The molecule has 0 radical (unpaired) electrons. The Morgan fingerprint density at radius 2 is 1.90 bits per heavy atom. The maximum absolute atomic E-state index is 13.0. The molecule has 0 bridgehead atoms. The standard InChI is InChI=1S/C21H27N3O5/c1-3-11-23-19(26)16-9-5-6-10-17(16)24(21(23)28)14-18(25)22-12-7-8-15(13-22)20(27)29-4-2/h5-6,9-10,15H,3-4,7-8,11-14H2,1-2H3/t15-/m0/s1. The molecule has 0 unspecified atom stereocenters. The number of carbonyl (C=O) groups is 2. The van der Waals surface area contributed by atoms with Gasteiger partial charge < -0.3 is 9.64 Å². The second-order valence-electron chi connectivity index (χ2n) is 7.27. The van der Waals surface area contributed by atoms with Crippen molar-refractivity contribution in [2.45, 2.75) is 46.2 Å². The van der Waals surface area contributed by atoms with E-state index in [1.807, 2.05) is 6.92 Å². The average Bonchev–Trinajstić information content (AvgIpc) is 2.74. The van der Waals surface area contributed by atoms with E-state index in [-0.39, 0.29) is 29.9 Å². The van der Waals surface area contributed by atoms with Gasteiger partial charge in [0, 0.05) is 19.6 Å². The maximum atomic E-state index is 13.0. The molecule has 29 heavy (non-hydrogen) atoms. The van der Waals surface area contributed by atoms with Crippen LogP contribution in [-0.2, 0) is 27.4 Å². The van der Waals surface area contributed by atoms with Crippen molar-refractivity contribution in [1.82, 2.24) is 14.0 Å². The molecule has 8 heteroatoms. The summed E-state index contributed by atoms with van der Waals surface area (Å²) in [6.45, 7) is 4.91. The molecule has 0 N–H and O–H groups in total. The number of piperidine rings is 1. The number of ether oxygens (including phenoxy) is 1. The zero-order chi connectivity index (χ0) is 21.0. The normalized spacial score (nSPS) is 16.8. The molecule has 0 saturated carbocycles. The molecule has 2 heterocycles. The third-order valence-electron chi connectivity index (χ3n) is 5.27. The van der Waals surface area contributed by atoms with Gasteiger partial charge in [-0.05, 0) is 38.3 Å². The first-order valence-corrected chi connectivity index (χ1v) is 10.1. The van der Waals surface area contributed by atoms with Crippen LogP contribution in [0, 0.1) is 5.92 Å². The highest BCUT2D eigenvalue weighted by atomic mass is 16.5. The minimum absolute atomic E-state index is 0.168. The molecule has 0 spiro atoms. The van der Waals surface area contributed by atoms with Gasteiger partial charge in [0.2, 0.25) is 5.91 Å². The summed E-state index contributed by atoms with van der Waals surface area (Å²) < 4.78 is 7.64. The fourth-order valence-electron chi connectivity index (χ4n) is 3.84. The van der Waals surface area contributed by atoms with Gasteiger partial charge in [-0.25, -0.2) is 4.79 Å². The van der Waals surface area contributed by atoms with Crippen molar-refractivity contribution in [2.24, 2.45) is 5.92 Å². The van der Waals surface area contributed by atoms with E-state index < -0.39 is 5.69 Å². The lowest BCUT2D eigenvalue weighted by atomic mass is 9.98. The molecule has 2 aromatic rings. The van der Waals surface area contributed by atoms with Crippen molar-refractivity contribution in [3.8, 4) is 0 Å². The third kappa shape index (κ3) is 4.26. The number of rotatable bonds is 6. The summed E-state index contributed by atoms with van der Waals surface area (Å²) in [5, 5.41) is 0.413. The Hall–Kier alpha value is -2.90. The van der Waals surface area contributed by atoms with Crippen molar-refractivity contribution in [3.05, 3.63) is 45.1 Å². The molecule has 156 valence electrons. The molecule has 1 aromatic heterocycles. The van der Waals surface area contributed by atoms with Gasteiger partial charge >= 0.3 is 11.7 Å². The molecule has 8 nitrogen and oxygen atoms in total. The number of hydrogen-bond donors (Lipinski definition) is 0. The van der Waals surface area contributed by atoms with Crippen molar-refractivity contribution in [1.29, 1.82) is 0 Å². The van der Waals surface area contributed by atoms with Crippen LogP contribution >= 0.6 is 0 Å². The van der Waals surface area contributed by atoms with Crippen LogP contribution in [0.2, 0.25) is 0 Å². The first kappa shape index (κ1) is 20.8. The molecule has 1 amide bonds. The molecule has 3 rings (SSSR count). The molecular weight excluding hydrogens is 374 g/mol. The van der Waals surface area contributed by atoms with E-state index in [2.05, 4.69) is 0 Å². The SMILES string of the molecule is CCCn1c(=O)c2ccccc2n(CC(=O)N2CCC[C@H](C(=O)OCC)C2)c1=O. The highest BCUT2D eigenvalue weighted by Crippen LogP contribution is 2.18. The summed E-state index contributed by atoms with van der Waals surface area (Å²) in [5.41, 5.74) is -0.374. The first-order chi connectivity index (χ1) is 14.0. The van der Waals surface area contributed by atoms with E-state index in [0.29, 0.717) is 56.4 Å². The van der Waals surface area contributed by atoms with Crippen LogP contribution in [0.3, 0.4) is 0 Å². The molecule has 0 aliphatic carbocycles. The van der Waals surface area contributed by atoms with Gasteiger partial charge in [0.1, 0.15) is 6.54 Å². The quantitative estimate of drug-likeness (QED) is 0.682. The van der Waals surface area contributed by atoms with Gasteiger partial charge in [0.15, 0.2) is 0 Å². The Bertz CT molecular complexity index is 1020. The molecular formula is C21H27N3O5. The number of benzene rings is 1. The predicted octanol–water partition coefficient (Wildman–Crippen LogP) is 1.37. The fraction of sp³-hybridized carbons (Fsp3) is 0.524. The van der Waals surface area contributed by atoms with Gasteiger partial charge in [0.05, 0.1) is 23.4 Å². The van der Waals surface area contributed by atoms with E-state index in [4.69, 9.17) is 4.74 Å². The Morgan fingerprint density at radius 1 is 1.14 bits per heavy atom. The summed E-state index contributed by atoms with van der Waals surface area (Å²) in [4.78, 5) is 52.2. The number of fused-ring (bicyclic) bond motifs is 1. The topological polar surface area (TPSA) is 90.6 Å². The Morgan fingerprint density at radius 3 is 2.62 bits per heavy atom. The number of aromatic nitrogens is 2. The molecule has 1 atom stereocenters. The average molecular weight is 401 g/mol. The van der Waals surface area contributed by atoms with Crippen molar-refractivity contribution in [2.75, 3.05) is 19.7 Å². The highest BCUT2D eigenvalue weighted by Gasteiger charge is 2.29. The smallest absolute Gasteiger partial charge is 0.331 e. The van der Waals surface area contributed by atoms with Gasteiger partial charge in [-0.2, -0.15) is 0 Å². The van der Waals surface area contributed by atoms with Gasteiger partial charge in [-0.1, -0.05) is 19.1 Å². The number of nitrogens with zero attached hydrogens (tertiary/aromatic N) is 3. The summed E-state index contributed by atoms with van der Waals surface area (Å²) in [6, 6.07) is 6.83. The minimum atomic E-state index is -0.483. The lowest BCUT2D eigenvalue weighted by molar-refractivity contribution is -0.151. The lowest BCUT2D eigenvalue weighted by Crippen LogP contribution is -2.47. The number of carbonyl (C=O) groups excluding carboxylic acids is 2. The Kier molecular flexibility index (Phi) is 6.51. The van der Waals surface area contributed by atoms with Crippen LogP contribution in [0.4, 0.5) is 0 Å². The second-order valence-corrected chi connectivity index (χ2v) is 7.27. The number of para-hydroxylation sites is 1. The van der Waals surface area contributed by atoms with Crippen LogP contribution in [0.1, 0.15) is 33.1 Å². The Labute approximate surface area is 168 Å². The van der Waals surface area contributed by atoms with E-state index in [9.17, 15) is 19.2 Å². The van der Waals surface area contributed by atoms with Crippen LogP contribution in [0.15, 0.2) is 33.9 Å². The van der Waals surface area contributed by atoms with Crippen LogP contribution in [-0.4, -0.2) is 45.6 Å².